The van der Waals surface area contributed by atoms with Crippen molar-refractivity contribution in [1.29, 1.82) is 0 Å². The Kier molecular flexibility index (Phi) is 5.39. The fourth-order valence-corrected chi connectivity index (χ4v) is 2.77. The number of hydrogen-bond acceptors (Lipinski definition) is 4. The highest BCUT2D eigenvalue weighted by Gasteiger charge is 2.32. The van der Waals surface area contributed by atoms with Crippen molar-refractivity contribution in [2.45, 2.75) is 31.5 Å². The molecule has 2 rings (SSSR count). The minimum Gasteiger partial charge on any atom is -0.395 e. The van der Waals surface area contributed by atoms with Crippen LogP contribution in [-0.4, -0.2) is 42.9 Å². The van der Waals surface area contributed by atoms with Crippen molar-refractivity contribution in [3.05, 3.63) is 34.6 Å². The second-order valence-electron chi connectivity index (χ2n) is 5.85. The lowest BCUT2D eigenvalue weighted by Gasteiger charge is -2.33. The topological polar surface area (TPSA) is 70.6 Å². The van der Waals surface area contributed by atoms with Crippen LogP contribution in [0.1, 0.15) is 19.4 Å². The SMILES string of the molecule is CC(C)(NC(=O)[C@@H]1CN[C@@H](CO)CO1)c1ccc(F)cc1Cl. The zero-order valence-electron chi connectivity index (χ0n) is 12.5. The molecule has 22 heavy (non-hydrogen) atoms. The minimum absolute atomic E-state index is 0.0367. The molecule has 1 saturated heterocycles. The summed E-state index contributed by atoms with van der Waals surface area (Å²) < 4.78 is 18.6. The van der Waals surface area contributed by atoms with Crippen molar-refractivity contribution in [3.63, 3.8) is 0 Å². The summed E-state index contributed by atoms with van der Waals surface area (Å²) >= 11 is 6.06. The average Bonchev–Trinajstić information content (AvgIpc) is 2.46. The van der Waals surface area contributed by atoms with Gasteiger partial charge in [-0.05, 0) is 31.5 Å². The summed E-state index contributed by atoms with van der Waals surface area (Å²) in [6.45, 7) is 4.13. The quantitative estimate of drug-likeness (QED) is 0.775. The maximum atomic E-state index is 13.1. The number of amides is 1. The lowest BCUT2D eigenvalue weighted by atomic mass is 9.93. The summed E-state index contributed by atoms with van der Waals surface area (Å²) in [5.41, 5.74) is -0.139. The average molecular weight is 331 g/mol. The van der Waals surface area contributed by atoms with E-state index in [2.05, 4.69) is 10.6 Å². The standard InChI is InChI=1S/C15H20ClFN2O3/c1-15(2,11-4-3-9(17)5-12(11)16)19-14(21)13-6-18-10(7-20)8-22-13/h3-5,10,13,18,20H,6-8H2,1-2H3,(H,19,21)/t10-,13-/m0/s1. The van der Waals surface area contributed by atoms with Crippen molar-refractivity contribution in [3.8, 4) is 0 Å². The number of morpholine rings is 1. The maximum absolute atomic E-state index is 13.1. The third-order valence-electron chi connectivity index (χ3n) is 3.64. The molecule has 0 aromatic heterocycles. The molecule has 2 atom stereocenters. The zero-order chi connectivity index (χ0) is 16.3. The van der Waals surface area contributed by atoms with Gasteiger partial charge >= 0.3 is 0 Å². The molecule has 1 aromatic carbocycles. The molecule has 1 aliphatic rings. The Balaban J connectivity index is 2.03. The number of benzene rings is 1. The molecule has 0 radical (unpaired) electrons. The first-order valence-electron chi connectivity index (χ1n) is 7.07. The third-order valence-corrected chi connectivity index (χ3v) is 3.96. The van der Waals surface area contributed by atoms with Gasteiger partial charge < -0.3 is 20.5 Å². The largest absolute Gasteiger partial charge is 0.395 e. The van der Waals surface area contributed by atoms with Crippen LogP contribution in [0.2, 0.25) is 5.02 Å². The van der Waals surface area contributed by atoms with E-state index >= 15 is 0 Å². The number of nitrogens with one attached hydrogen (secondary N) is 2. The van der Waals surface area contributed by atoms with Crippen molar-refractivity contribution in [2.24, 2.45) is 0 Å². The number of ether oxygens (including phenoxy) is 1. The Morgan fingerprint density at radius 2 is 2.32 bits per heavy atom. The Hall–Kier alpha value is -1.21. The molecule has 0 bridgehead atoms. The Bertz CT molecular complexity index is 546. The molecular formula is C15H20ClFN2O3. The van der Waals surface area contributed by atoms with Gasteiger partial charge in [-0.25, -0.2) is 4.39 Å². The molecule has 7 heteroatoms. The summed E-state index contributed by atoms with van der Waals surface area (Å²) in [5, 5.41) is 15.2. The summed E-state index contributed by atoms with van der Waals surface area (Å²) in [6, 6.07) is 3.93. The van der Waals surface area contributed by atoms with Gasteiger partial charge in [-0.15, -0.1) is 0 Å². The van der Waals surface area contributed by atoms with Gasteiger partial charge in [0.25, 0.3) is 5.91 Å². The molecule has 0 saturated carbocycles. The highest BCUT2D eigenvalue weighted by molar-refractivity contribution is 6.31. The van der Waals surface area contributed by atoms with E-state index < -0.39 is 17.5 Å². The smallest absolute Gasteiger partial charge is 0.251 e. The van der Waals surface area contributed by atoms with Crippen molar-refractivity contribution in [1.82, 2.24) is 10.6 Å². The van der Waals surface area contributed by atoms with Gasteiger partial charge in [0.05, 0.1) is 24.8 Å². The lowest BCUT2D eigenvalue weighted by molar-refractivity contribution is -0.137. The van der Waals surface area contributed by atoms with E-state index in [0.717, 1.165) is 0 Å². The van der Waals surface area contributed by atoms with E-state index in [0.29, 0.717) is 12.1 Å². The van der Waals surface area contributed by atoms with Gasteiger partial charge in [-0.3, -0.25) is 4.79 Å². The Labute approximate surface area is 133 Å². The van der Waals surface area contributed by atoms with Crippen LogP contribution in [0.5, 0.6) is 0 Å². The van der Waals surface area contributed by atoms with Gasteiger partial charge in [-0.2, -0.15) is 0 Å². The lowest BCUT2D eigenvalue weighted by Crippen LogP contribution is -2.56. The molecule has 122 valence electrons. The molecule has 0 unspecified atom stereocenters. The molecule has 1 aromatic rings. The fraction of sp³-hybridized carbons (Fsp3) is 0.533. The highest BCUT2D eigenvalue weighted by Crippen LogP contribution is 2.28. The zero-order valence-corrected chi connectivity index (χ0v) is 13.3. The summed E-state index contributed by atoms with van der Waals surface area (Å²) in [4.78, 5) is 12.3. The molecule has 1 fully saturated rings. The number of hydrogen-bond donors (Lipinski definition) is 3. The van der Waals surface area contributed by atoms with Crippen LogP contribution in [0.25, 0.3) is 0 Å². The minimum atomic E-state index is -0.765. The fourth-order valence-electron chi connectivity index (χ4n) is 2.36. The first-order chi connectivity index (χ1) is 10.3. The molecule has 5 nitrogen and oxygen atoms in total. The van der Waals surface area contributed by atoms with E-state index in [1.807, 2.05) is 0 Å². The highest BCUT2D eigenvalue weighted by atomic mass is 35.5. The van der Waals surface area contributed by atoms with Crippen molar-refractivity contribution >= 4 is 17.5 Å². The molecule has 0 aliphatic carbocycles. The first-order valence-corrected chi connectivity index (χ1v) is 7.44. The van der Waals surface area contributed by atoms with E-state index in [1.165, 1.54) is 12.1 Å². The van der Waals surface area contributed by atoms with Crippen molar-refractivity contribution < 1.29 is 19.0 Å². The molecule has 1 aliphatic heterocycles. The number of rotatable bonds is 4. The second-order valence-corrected chi connectivity index (χ2v) is 6.26. The van der Waals surface area contributed by atoms with E-state index in [-0.39, 0.29) is 30.2 Å². The van der Waals surface area contributed by atoms with Crippen LogP contribution < -0.4 is 10.6 Å². The van der Waals surface area contributed by atoms with E-state index in [9.17, 15) is 9.18 Å². The molecule has 1 heterocycles. The molecular weight excluding hydrogens is 311 g/mol. The second kappa shape index (κ2) is 6.91. The predicted octanol–water partition coefficient (Wildman–Crippen LogP) is 1.18. The normalized spacial score (nSPS) is 22.4. The van der Waals surface area contributed by atoms with Gasteiger partial charge in [0.1, 0.15) is 11.9 Å². The summed E-state index contributed by atoms with van der Waals surface area (Å²) in [6.07, 6.45) is -0.638. The van der Waals surface area contributed by atoms with Gasteiger partial charge in [0.2, 0.25) is 0 Å². The van der Waals surface area contributed by atoms with Gasteiger partial charge in [-0.1, -0.05) is 17.7 Å². The van der Waals surface area contributed by atoms with Crippen LogP contribution in [0.3, 0.4) is 0 Å². The van der Waals surface area contributed by atoms with E-state index in [1.54, 1.807) is 19.9 Å². The van der Waals surface area contributed by atoms with Crippen LogP contribution in [0.15, 0.2) is 18.2 Å². The van der Waals surface area contributed by atoms with E-state index in [4.69, 9.17) is 21.4 Å². The number of halogens is 2. The number of aliphatic hydroxyl groups is 1. The van der Waals surface area contributed by atoms with Gasteiger partial charge in [0.15, 0.2) is 0 Å². The van der Waals surface area contributed by atoms with Crippen LogP contribution >= 0.6 is 11.6 Å². The van der Waals surface area contributed by atoms with Crippen LogP contribution in [0, 0.1) is 5.82 Å². The van der Waals surface area contributed by atoms with Gasteiger partial charge in [0, 0.05) is 11.6 Å². The molecule has 3 N–H and O–H groups in total. The van der Waals surface area contributed by atoms with Crippen LogP contribution in [0.4, 0.5) is 4.39 Å². The van der Waals surface area contributed by atoms with Crippen molar-refractivity contribution in [2.75, 3.05) is 19.8 Å². The monoisotopic (exact) mass is 330 g/mol. The number of carbonyl (C=O) groups is 1. The van der Waals surface area contributed by atoms with Crippen LogP contribution in [-0.2, 0) is 15.1 Å². The summed E-state index contributed by atoms with van der Waals surface area (Å²) in [7, 11) is 0. The number of aliphatic hydroxyl groups excluding tert-OH is 1. The third kappa shape index (κ3) is 3.95. The first kappa shape index (κ1) is 17.1. The number of carbonyl (C=O) groups excluding carboxylic acids is 1. The Morgan fingerprint density at radius 1 is 1.59 bits per heavy atom. The molecule has 1 amide bonds. The predicted molar refractivity (Wildman–Crippen MR) is 81.2 cm³/mol. The Morgan fingerprint density at radius 3 is 2.86 bits per heavy atom. The maximum Gasteiger partial charge on any atom is 0.251 e. The summed E-state index contributed by atoms with van der Waals surface area (Å²) in [5.74, 6) is -0.708. The molecule has 0 spiro atoms.